The van der Waals surface area contributed by atoms with Crippen molar-refractivity contribution >= 4 is 11.8 Å². The first-order valence-corrected chi connectivity index (χ1v) is 7.25. The van der Waals surface area contributed by atoms with Crippen molar-refractivity contribution in [1.29, 1.82) is 0 Å². The standard InChI is InChI=1S/C19H15F3O/c1-2-5-17-16-7-4-3-6-14(16)12-18(23-17)13-8-10-15(11-9-13)19(20,21)22/h2-4,6-12,17H,1,5H2. The summed E-state index contributed by atoms with van der Waals surface area (Å²) < 4.78 is 44.0. The van der Waals surface area contributed by atoms with Crippen LogP contribution < -0.4 is 0 Å². The number of alkyl halides is 3. The van der Waals surface area contributed by atoms with Crippen LogP contribution in [0, 0.1) is 0 Å². The van der Waals surface area contributed by atoms with E-state index in [1.54, 1.807) is 6.08 Å². The Morgan fingerprint density at radius 2 is 1.74 bits per heavy atom. The van der Waals surface area contributed by atoms with Crippen LogP contribution in [0.4, 0.5) is 13.2 Å². The third-order valence-electron chi connectivity index (χ3n) is 3.78. The third kappa shape index (κ3) is 3.16. The van der Waals surface area contributed by atoms with Crippen molar-refractivity contribution in [2.75, 3.05) is 0 Å². The predicted molar refractivity (Wildman–Crippen MR) is 84.4 cm³/mol. The molecule has 1 atom stereocenters. The molecule has 0 radical (unpaired) electrons. The first-order valence-electron chi connectivity index (χ1n) is 7.25. The fourth-order valence-electron chi connectivity index (χ4n) is 2.63. The zero-order valence-electron chi connectivity index (χ0n) is 12.3. The lowest BCUT2D eigenvalue weighted by atomic mass is 9.95. The summed E-state index contributed by atoms with van der Waals surface area (Å²) in [4.78, 5) is 0. The molecule has 1 heterocycles. The van der Waals surface area contributed by atoms with Crippen LogP contribution in [0.2, 0.25) is 0 Å². The van der Waals surface area contributed by atoms with Crippen molar-refractivity contribution in [3.05, 3.63) is 83.4 Å². The van der Waals surface area contributed by atoms with Gasteiger partial charge < -0.3 is 4.74 Å². The van der Waals surface area contributed by atoms with Gasteiger partial charge >= 0.3 is 6.18 Å². The average molecular weight is 316 g/mol. The number of rotatable bonds is 3. The maximum atomic E-state index is 12.7. The molecule has 23 heavy (non-hydrogen) atoms. The Bertz CT molecular complexity index is 742. The van der Waals surface area contributed by atoms with Gasteiger partial charge in [0.25, 0.3) is 0 Å². The quantitative estimate of drug-likeness (QED) is 0.645. The van der Waals surface area contributed by atoms with Crippen molar-refractivity contribution in [1.82, 2.24) is 0 Å². The minimum Gasteiger partial charge on any atom is -0.485 e. The van der Waals surface area contributed by atoms with Crippen LogP contribution in [0.15, 0.2) is 61.2 Å². The van der Waals surface area contributed by atoms with E-state index in [1.807, 2.05) is 30.3 Å². The Hall–Kier alpha value is -2.49. The SMILES string of the molecule is C=CCC1OC(c2ccc(C(F)(F)F)cc2)=Cc2ccccc21. The monoisotopic (exact) mass is 316 g/mol. The van der Waals surface area contributed by atoms with Gasteiger partial charge in [-0.15, -0.1) is 6.58 Å². The van der Waals surface area contributed by atoms with E-state index in [-0.39, 0.29) is 6.10 Å². The molecule has 0 amide bonds. The van der Waals surface area contributed by atoms with Crippen LogP contribution in [-0.2, 0) is 10.9 Å². The molecule has 4 heteroatoms. The first kappa shape index (κ1) is 15.4. The molecule has 0 saturated carbocycles. The fraction of sp³-hybridized carbons (Fsp3) is 0.158. The minimum absolute atomic E-state index is 0.175. The van der Waals surface area contributed by atoms with Gasteiger partial charge in [0.05, 0.1) is 5.56 Å². The third-order valence-corrected chi connectivity index (χ3v) is 3.78. The van der Waals surface area contributed by atoms with E-state index in [9.17, 15) is 13.2 Å². The average Bonchev–Trinajstić information content (AvgIpc) is 2.54. The van der Waals surface area contributed by atoms with E-state index in [0.29, 0.717) is 17.7 Å². The van der Waals surface area contributed by atoms with Gasteiger partial charge in [-0.2, -0.15) is 13.2 Å². The largest absolute Gasteiger partial charge is 0.485 e. The zero-order valence-corrected chi connectivity index (χ0v) is 12.3. The van der Waals surface area contributed by atoms with Crippen molar-refractivity contribution in [2.45, 2.75) is 18.7 Å². The van der Waals surface area contributed by atoms with E-state index < -0.39 is 11.7 Å². The lowest BCUT2D eigenvalue weighted by Gasteiger charge is -2.26. The highest BCUT2D eigenvalue weighted by Crippen LogP contribution is 2.38. The van der Waals surface area contributed by atoms with Gasteiger partial charge in [-0.1, -0.05) is 42.5 Å². The highest BCUT2D eigenvalue weighted by atomic mass is 19.4. The molecule has 0 bridgehead atoms. The molecule has 1 nitrogen and oxygen atoms in total. The Morgan fingerprint density at radius 1 is 1.04 bits per heavy atom. The van der Waals surface area contributed by atoms with Crippen LogP contribution in [0.3, 0.4) is 0 Å². The van der Waals surface area contributed by atoms with E-state index in [2.05, 4.69) is 6.58 Å². The molecule has 0 aromatic heterocycles. The number of ether oxygens (including phenoxy) is 1. The first-order chi connectivity index (χ1) is 11.0. The van der Waals surface area contributed by atoms with Crippen molar-refractivity contribution in [2.24, 2.45) is 0 Å². The highest BCUT2D eigenvalue weighted by molar-refractivity contribution is 5.80. The van der Waals surface area contributed by atoms with Gasteiger partial charge in [0.1, 0.15) is 11.9 Å². The number of benzene rings is 2. The maximum Gasteiger partial charge on any atom is 0.416 e. The Kier molecular flexibility index (Phi) is 3.99. The van der Waals surface area contributed by atoms with E-state index in [1.165, 1.54) is 12.1 Å². The smallest absolute Gasteiger partial charge is 0.416 e. The highest BCUT2D eigenvalue weighted by Gasteiger charge is 2.30. The van der Waals surface area contributed by atoms with Gasteiger partial charge in [0.2, 0.25) is 0 Å². The van der Waals surface area contributed by atoms with Crippen LogP contribution in [0.5, 0.6) is 0 Å². The summed E-state index contributed by atoms with van der Waals surface area (Å²) in [5.41, 5.74) is 2.03. The van der Waals surface area contributed by atoms with Crippen molar-refractivity contribution in [3.63, 3.8) is 0 Å². The summed E-state index contributed by atoms with van der Waals surface area (Å²) in [5.74, 6) is 0.573. The Balaban J connectivity index is 1.97. The molecule has 0 spiro atoms. The van der Waals surface area contributed by atoms with Gasteiger partial charge in [0.15, 0.2) is 0 Å². The van der Waals surface area contributed by atoms with Gasteiger partial charge in [-0.3, -0.25) is 0 Å². The molecule has 2 aromatic carbocycles. The van der Waals surface area contributed by atoms with Gasteiger partial charge in [-0.25, -0.2) is 0 Å². The molecule has 118 valence electrons. The van der Waals surface area contributed by atoms with Crippen molar-refractivity contribution in [3.8, 4) is 0 Å². The second kappa shape index (κ2) is 5.95. The molecule has 1 unspecified atom stereocenters. The van der Waals surface area contributed by atoms with Crippen LogP contribution in [-0.4, -0.2) is 0 Å². The summed E-state index contributed by atoms with van der Waals surface area (Å²) >= 11 is 0. The summed E-state index contributed by atoms with van der Waals surface area (Å²) in [6.45, 7) is 3.74. The lowest BCUT2D eigenvalue weighted by Crippen LogP contribution is -2.10. The summed E-state index contributed by atoms with van der Waals surface area (Å²) in [6.07, 6.45) is -0.243. The van der Waals surface area contributed by atoms with Crippen LogP contribution in [0.25, 0.3) is 11.8 Å². The number of halogens is 3. The van der Waals surface area contributed by atoms with E-state index in [4.69, 9.17) is 4.74 Å². The Morgan fingerprint density at radius 3 is 2.39 bits per heavy atom. The topological polar surface area (TPSA) is 9.23 Å². The molecule has 1 aliphatic rings. The van der Waals surface area contributed by atoms with Gasteiger partial charge in [-0.05, 0) is 29.3 Å². The van der Waals surface area contributed by atoms with Crippen LogP contribution >= 0.6 is 0 Å². The van der Waals surface area contributed by atoms with Gasteiger partial charge in [0, 0.05) is 12.0 Å². The van der Waals surface area contributed by atoms with Crippen molar-refractivity contribution < 1.29 is 17.9 Å². The molecular weight excluding hydrogens is 301 g/mol. The molecule has 0 saturated heterocycles. The van der Waals surface area contributed by atoms with E-state index >= 15 is 0 Å². The second-order valence-corrected chi connectivity index (χ2v) is 5.34. The normalized spacial score (nSPS) is 17.0. The summed E-state index contributed by atoms with van der Waals surface area (Å²) in [5, 5.41) is 0. The molecule has 1 aliphatic heterocycles. The summed E-state index contributed by atoms with van der Waals surface area (Å²) in [6, 6.07) is 12.8. The fourth-order valence-corrected chi connectivity index (χ4v) is 2.63. The molecule has 2 aromatic rings. The Labute approximate surface area is 132 Å². The molecule has 3 rings (SSSR count). The maximum absolute atomic E-state index is 12.7. The molecule has 0 aliphatic carbocycles. The molecule has 0 fully saturated rings. The number of hydrogen-bond acceptors (Lipinski definition) is 1. The van der Waals surface area contributed by atoms with E-state index in [0.717, 1.165) is 23.3 Å². The lowest BCUT2D eigenvalue weighted by molar-refractivity contribution is -0.137. The van der Waals surface area contributed by atoms with Crippen LogP contribution in [0.1, 0.15) is 34.8 Å². The molecule has 0 N–H and O–H groups in total. The zero-order chi connectivity index (χ0) is 16.4. The number of hydrogen-bond donors (Lipinski definition) is 0. The second-order valence-electron chi connectivity index (χ2n) is 5.34. The number of fused-ring (bicyclic) bond motifs is 1. The summed E-state index contributed by atoms with van der Waals surface area (Å²) in [7, 11) is 0. The predicted octanol–water partition coefficient (Wildman–Crippen LogP) is 5.85. The molecular formula is C19H15F3O. The minimum atomic E-state index is -4.34.